The number of hydrogen-bond acceptors (Lipinski definition) is 6. The molecule has 0 saturated heterocycles. The molecule has 0 fully saturated rings. The number of ether oxygens (including phenoxy) is 4. The van der Waals surface area contributed by atoms with Crippen molar-refractivity contribution in [3.8, 4) is 23.0 Å². The highest BCUT2D eigenvalue weighted by Gasteiger charge is 2.15. The third-order valence-electron chi connectivity index (χ3n) is 3.92. The van der Waals surface area contributed by atoms with E-state index in [2.05, 4.69) is 0 Å². The molecule has 2 aromatic carbocycles. The van der Waals surface area contributed by atoms with Gasteiger partial charge >= 0.3 is 0 Å². The smallest absolute Gasteiger partial charge is 0.203 e. The van der Waals surface area contributed by atoms with Crippen LogP contribution in [0.25, 0.3) is 6.08 Å². The van der Waals surface area contributed by atoms with Crippen molar-refractivity contribution in [3.05, 3.63) is 47.0 Å². The molecule has 6 heteroatoms. The maximum atomic E-state index is 12.7. The number of nitrogen functional groups attached to an aromatic ring is 1. The normalized spacial score (nSPS) is 11.0. The molecule has 0 aliphatic heterocycles. The first-order valence-corrected chi connectivity index (χ1v) is 7.91. The molecular formula is C20H23NO5. The lowest BCUT2D eigenvalue weighted by Crippen LogP contribution is -2.03. The van der Waals surface area contributed by atoms with Crippen LogP contribution < -0.4 is 24.7 Å². The lowest BCUT2D eigenvalue weighted by molar-refractivity contribution is 0.103. The number of anilines is 1. The summed E-state index contributed by atoms with van der Waals surface area (Å²) < 4.78 is 21.2. The van der Waals surface area contributed by atoms with E-state index in [-0.39, 0.29) is 5.78 Å². The third-order valence-corrected chi connectivity index (χ3v) is 3.92. The number of rotatable bonds is 7. The lowest BCUT2D eigenvalue weighted by Gasteiger charge is -2.13. The van der Waals surface area contributed by atoms with Gasteiger partial charge in [-0.2, -0.15) is 0 Å². The van der Waals surface area contributed by atoms with Gasteiger partial charge in [-0.15, -0.1) is 0 Å². The second kappa shape index (κ2) is 8.29. The molecule has 0 unspecified atom stereocenters. The van der Waals surface area contributed by atoms with E-state index in [1.54, 1.807) is 64.7 Å². The Bertz CT molecular complexity index is 817. The first-order chi connectivity index (χ1) is 12.4. The summed E-state index contributed by atoms with van der Waals surface area (Å²) in [6.07, 6.45) is 1.76. The predicted octanol–water partition coefficient (Wildman–Crippen LogP) is 3.59. The molecule has 2 aromatic rings. The molecule has 0 aliphatic carbocycles. The highest BCUT2D eigenvalue weighted by atomic mass is 16.5. The van der Waals surface area contributed by atoms with Crippen LogP contribution in [0.1, 0.15) is 22.8 Å². The van der Waals surface area contributed by atoms with E-state index in [9.17, 15) is 4.79 Å². The van der Waals surface area contributed by atoms with Gasteiger partial charge in [-0.05, 0) is 54.5 Å². The standard InChI is InChI=1S/C20H23NO5/c1-12(19(22)14-6-7-15(21)16(11-14)23-2)8-13-9-17(24-3)20(26-5)18(10-13)25-4/h6-11H,21H2,1-5H3/b12-8+. The van der Waals surface area contributed by atoms with E-state index in [0.717, 1.165) is 5.56 Å². The molecule has 26 heavy (non-hydrogen) atoms. The molecule has 2 rings (SSSR count). The van der Waals surface area contributed by atoms with Crippen molar-refractivity contribution < 1.29 is 23.7 Å². The van der Waals surface area contributed by atoms with Gasteiger partial charge in [0, 0.05) is 5.56 Å². The summed E-state index contributed by atoms with van der Waals surface area (Å²) in [4.78, 5) is 12.7. The summed E-state index contributed by atoms with van der Waals surface area (Å²) in [5, 5.41) is 0. The van der Waals surface area contributed by atoms with Crippen molar-refractivity contribution >= 4 is 17.5 Å². The molecular weight excluding hydrogens is 334 g/mol. The molecule has 138 valence electrons. The van der Waals surface area contributed by atoms with Gasteiger partial charge in [0.05, 0.1) is 34.1 Å². The SMILES string of the molecule is COc1cc(C(=O)/C(C)=C/c2cc(OC)c(OC)c(OC)c2)ccc1N. The Balaban J connectivity index is 2.41. The fourth-order valence-corrected chi connectivity index (χ4v) is 2.58. The Hall–Kier alpha value is -3.15. The predicted molar refractivity (Wildman–Crippen MR) is 101 cm³/mol. The van der Waals surface area contributed by atoms with Gasteiger partial charge in [-0.1, -0.05) is 0 Å². The molecule has 6 nitrogen and oxygen atoms in total. The molecule has 0 bridgehead atoms. The van der Waals surface area contributed by atoms with Crippen LogP contribution in [0.2, 0.25) is 0 Å². The van der Waals surface area contributed by atoms with Gasteiger partial charge in [-0.25, -0.2) is 0 Å². The zero-order valence-corrected chi connectivity index (χ0v) is 15.6. The molecule has 0 heterocycles. The molecule has 0 aliphatic rings. The van der Waals surface area contributed by atoms with Gasteiger partial charge in [-0.3, -0.25) is 4.79 Å². The summed E-state index contributed by atoms with van der Waals surface area (Å²) in [6, 6.07) is 8.51. The van der Waals surface area contributed by atoms with E-state index in [1.807, 2.05) is 0 Å². The second-order valence-electron chi connectivity index (χ2n) is 5.57. The van der Waals surface area contributed by atoms with E-state index in [4.69, 9.17) is 24.7 Å². The molecule has 0 spiro atoms. The van der Waals surface area contributed by atoms with E-state index < -0.39 is 0 Å². The zero-order chi connectivity index (χ0) is 19.3. The van der Waals surface area contributed by atoms with Crippen molar-refractivity contribution in [1.29, 1.82) is 0 Å². The average Bonchev–Trinajstić information content (AvgIpc) is 2.66. The Kier molecular flexibility index (Phi) is 6.11. The van der Waals surface area contributed by atoms with Crippen LogP contribution in [0.15, 0.2) is 35.9 Å². The number of carbonyl (C=O) groups is 1. The molecule has 0 amide bonds. The van der Waals surface area contributed by atoms with Crippen LogP contribution in [-0.2, 0) is 0 Å². The number of Topliss-reactive ketones (excluding diaryl/α,β-unsaturated/α-hetero) is 1. The Morgan fingerprint density at radius 3 is 1.96 bits per heavy atom. The molecule has 0 saturated carbocycles. The maximum absolute atomic E-state index is 12.7. The van der Waals surface area contributed by atoms with Gasteiger partial charge < -0.3 is 24.7 Å². The minimum absolute atomic E-state index is 0.128. The van der Waals surface area contributed by atoms with Crippen molar-refractivity contribution in [2.24, 2.45) is 0 Å². The van der Waals surface area contributed by atoms with Crippen molar-refractivity contribution in [1.82, 2.24) is 0 Å². The van der Waals surface area contributed by atoms with Gasteiger partial charge in [0.25, 0.3) is 0 Å². The minimum atomic E-state index is -0.128. The number of methoxy groups -OCH3 is 4. The van der Waals surface area contributed by atoms with Crippen LogP contribution in [0.3, 0.4) is 0 Å². The van der Waals surface area contributed by atoms with Crippen molar-refractivity contribution in [2.75, 3.05) is 34.2 Å². The fourth-order valence-electron chi connectivity index (χ4n) is 2.58. The van der Waals surface area contributed by atoms with Crippen molar-refractivity contribution in [2.45, 2.75) is 6.92 Å². The monoisotopic (exact) mass is 357 g/mol. The molecule has 2 N–H and O–H groups in total. The average molecular weight is 357 g/mol. The number of benzene rings is 2. The van der Waals surface area contributed by atoms with Crippen molar-refractivity contribution in [3.63, 3.8) is 0 Å². The first-order valence-electron chi connectivity index (χ1n) is 7.91. The zero-order valence-electron chi connectivity index (χ0n) is 15.6. The van der Waals surface area contributed by atoms with E-state index in [0.29, 0.717) is 39.8 Å². The van der Waals surface area contributed by atoms with Gasteiger partial charge in [0.1, 0.15) is 5.75 Å². The number of nitrogens with two attached hydrogens (primary N) is 1. The lowest BCUT2D eigenvalue weighted by atomic mass is 10.0. The molecule has 0 aromatic heterocycles. The Morgan fingerprint density at radius 2 is 1.46 bits per heavy atom. The topological polar surface area (TPSA) is 80.0 Å². The van der Waals surface area contributed by atoms with E-state index >= 15 is 0 Å². The molecule has 0 atom stereocenters. The second-order valence-corrected chi connectivity index (χ2v) is 5.57. The Morgan fingerprint density at radius 1 is 0.885 bits per heavy atom. The highest BCUT2D eigenvalue weighted by molar-refractivity contribution is 6.11. The highest BCUT2D eigenvalue weighted by Crippen LogP contribution is 2.38. The maximum Gasteiger partial charge on any atom is 0.203 e. The van der Waals surface area contributed by atoms with Crippen LogP contribution in [-0.4, -0.2) is 34.2 Å². The van der Waals surface area contributed by atoms with Gasteiger partial charge in [0.15, 0.2) is 17.3 Å². The number of ketones is 1. The summed E-state index contributed by atoms with van der Waals surface area (Å²) >= 11 is 0. The molecule has 0 radical (unpaired) electrons. The summed E-state index contributed by atoms with van der Waals surface area (Å²) in [6.45, 7) is 1.74. The number of carbonyl (C=O) groups excluding carboxylic acids is 1. The third kappa shape index (κ3) is 3.91. The van der Waals surface area contributed by atoms with Crippen LogP contribution in [0.4, 0.5) is 5.69 Å². The van der Waals surface area contributed by atoms with Crippen LogP contribution >= 0.6 is 0 Å². The summed E-state index contributed by atoms with van der Waals surface area (Å²) in [5.74, 6) is 1.88. The number of hydrogen-bond donors (Lipinski definition) is 1. The van der Waals surface area contributed by atoms with E-state index in [1.165, 1.54) is 7.11 Å². The number of allylic oxidation sites excluding steroid dienone is 1. The van der Waals surface area contributed by atoms with Gasteiger partial charge in [0.2, 0.25) is 5.75 Å². The summed E-state index contributed by atoms with van der Waals surface area (Å²) in [7, 11) is 6.14. The quantitative estimate of drug-likeness (QED) is 0.463. The largest absolute Gasteiger partial charge is 0.495 e. The summed E-state index contributed by atoms with van der Waals surface area (Å²) in [5.41, 5.74) is 8.08. The fraction of sp³-hybridized carbons (Fsp3) is 0.250. The Labute approximate surface area is 153 Å². The minimum Gasteiger partial charge on any atom is -0.495 e. The van der Waals surface area contributed by atoms with Crippen LogP contribution in [0, 0.1) is 0 Å². The van der Waals surface area contributed by atoms with Crippen LogP contribution in [0.5, 0.6) is 23.0 Å². The first kappa shape index (κ1) is 19.2.